The summed E-state index contributed by atoms with van der Waals surface area (Å²) in [4.78, 5) is 2.37. The minimum absolute atomic E-state index is 1.04. The summed E-state index contributed by atoms with van der Waals surface area (Å²) in [5.41, 5.74) is 13.5. The number of aromatic nitrogens is 1. The van der Waals surface area contributed by atoms with E-state index in [-0.39, 0.29) is 0 Å². The lowest BCUT2D eigenvalue weighted by atomic mass is 10.0. The fourth-order valence-corrected chi connectivity index (χ4v) is 7.16. The molecule has 242 valence electrons. The van der Waals surface area contributed by atoms with Crippen LogP contribution in [-0.2, 0) is 0 Å². The van der Waals surface area contributed by atoms with Crippen LogP contribution in [0.4, 0.5) is 28.4 Å². The Morgan fingerprint density at radius 2 is 0.902 bits per heavy atom. The molecule has 0 spiro atoms. The van der Waals surface area contributed by atoms with Crippen molar-refractivity contribution in [1.82, 2.24) is 4.57 Å². The lowest BCUT2D eigenvalue weighted by Crippen LogP contribution is -2.11. The minimum Gasteiger partial charge on any atom is -0.355 e. The number of hydrogen-bond acceptors (Lipinski definition) is 2. The van der Waals surface area contributed by atoms with Gasteiger partial charge in [-0.2, -0.15) is 0 Å². The molecule has 0 radical (unpaired) electrons. The van der Waals surface area contributed by atoms with E-state index in [1.165, 1.54) is 27.4 Å². The molecule has 0 fully saturated rings. The molecule has 0 aliphatic heterocycles. The molecule has 0 bridgehead atoms. The van der Waals surface area contributed by atoms with Crippen LogP contribution in [0.2, 0.25) is 0 Å². The molecule has 9 aromatic rings. The van der Waals surface area contributed by atoms with Gasteiger partial charge in [0, 0.05) is 50.5 Å². The number of anilines is 5. The molecule has 51 heavy (non-hydrogen) atoms. The summed E-state index contributed by atoms with van der Waals surface area (Å²) in [6, 6.07) is 73.4. The van der Waals surface area contributed by atoms with Gasteiger partial charge in [0.05, 0.1) is 11.0 Å². The Balaban J connectivity index is 1.25. The Hall–Kier alpha value is -6.84. The van der Waals surface area contributed by atoms with Crippen LogP contribution in [0, 0.1) is 0 Å². The fourth-order valence-electron chi connectivity index (χ4n) is 7.16. The van der Waals surface area contributed by atoms with Crippen molar-refractivity contribution in [2.24, 2.45) is 0 Å². The molecular weight excluding hydrogens is 619 g/mol. The Kier molecular flexibility index (Phi) is 7.84. The molecule has 3 nitrogen and oxygen atoms in total. The molecule has 3 heteroatoms. The van der Waals surface area contributed by atoms with Crippen LogP contribution in [0.5, 0.6) is 0 Å². The lowest BCUT2D eigenvalue weighted by molar-refractivity contribution is 1.18. The summed E-state index contributed by atoms with van der Waals surface area (Å²) in [6.45, 7) is 0. The lowest BCUT2D eigenvalue weighted by Gasteiger charge is -2.27. The SMILES string of the molecule is c1ccc(Nc2cc(N(c3ccc(-c4ccccc4)cc3)c3ccc4c5ccccc5n(-c5ccccc5)c4c3)ccc2-c2ccccc2)cc1. The highest BCUT2D eigenvalue weighted by molar-refractivity contribution is 6.10. The first-order valence-corrected chi connectivity index (χ1v) is 17.4. The van der Waals surface area contributed by atoms with Crippen LogP contribution in [0.25, 0.3) is 49.7 Å². The molecule has 0 amide bonds. The summed E-state index contributed by atoms with van der Waals surface area (Å²) in [5, 5.41) is 6.21. The third-order valence-corrected chi connectivity index (χ3v) is 9.56. The molecule has 9 rings (SSSR count). The highest BCUT2D eigenvalue weighted by atomic mass is 15.1. The van der Waals surface area contributed by atoms with E-state index < -0.39 is 0 Å². The second kappa shape index (κ2) is 13.2. The van der Waals surface area contributed by atoms with E-state index in [2.05, 4.69) is 215 Å². The van der Waals surface area contributed by atoms with Crippen LogP contribution in [0.1, 0.15) is 0 Å². The number of para-hydroxylation sites is 3. The predicted molar refractivity (Wildman–Crippen MR) is 216 cm³/mol. The van der Waals surface area contributed by atoms with Crippen molar-refractivity contribution in [1.29, 1.82) is 0 Å². The van der Waals surface area contributed by atoms with Crippen LogP contribution in [0.3, 0.4) is 0 Å². The number of nitrogens with one attached hydrogen (secondary N) is 1. The van der Waals surface area contributed by atoms with Crippen molar-refractivity contribution < 1.29 is 0 Å². The average molecular weight is 654 g/mol. The van der Waals surface area contributed by atoms with Gasteiger partial charge in [0.1, 0.15) is 0 Å². The maximum Gasteiger partial charge on any atom is 0.0561 e. The predicted octanol–water partition coefficient (Wildman–Crippen LogP) is 13.3. The summed E-state index contributed by atoms with van der Waals surface area (Å²) in [6.07, 6.45) is 0. The molecule has 8 aromatic carbocycles. The van der Waals surface area contributed by atoms with Crippen LogP contribution < -0.4 is 10.2 Å². The molecule has 1 aromatic heterocycles. The van der Waals surface area contributed by atoms with Gasteiger partial charge in [-0.05, 0) is 83.4 Å². The molecule has 1 heterocycles. The quantitative estimate of drug-likeness (QED) is 0.176. The zero-order valence-electron chi connectivity index (χ0n) is 28.0. The number of hydrogen-bond donors (Lipinski definition) is 1. The van der Waals surface area contributed by atoms with Gasteiger partial charge in [-0.15, -0.1) is 0 Å². The van der Waals surface area contributed by atoms with E-state index in [4.69, 9.17) is 0 Å². The first kappa shape index (κ1) is 30.2. The van der Waals surface area contributed by atoms with Gasteiger partial charge in [-0.1, -0.05) is 140 Å². The van der Waals surface area contributed by atoms with Crippen molar-refractivity contribution in [2.75, 3.05) is 10.2 Å². The second-order valence-corrected chi connectivity index (χ2v) is 12.7. The molecule has 0 atom stereocenters. The highest BCUT2D eigenvalue weighted by Gasteiger charge is 2.19. The summed E-state index contributed by atoms with van der Waals surface area (Å²) >= 11 is 0. The summed E-state index contributed by atoms with van der Waals surface area (Å²) < 4.78 is 2.38. The number of nitrogens with zero attached hydrogens (tertiary/aromatic N) is 2. The van der Waals surface area contributed by atoms with Crippen LogP contribution in [0.15, 0.2) is 206 Å². The van der Waals surface area contributed by atoms with E-state index in [1.807, 2.05) is 6.07 Å². The second-order valence-electron chi connectivity index (χ2n) is 12.7. The third kappa shape index (κ3) is 5.81. The largest absolute Gasteiger partial charge is 0.355 e. The molecule has 0 saturated carbocycles. The van der Waals surface area contributed by atoms with E-state index >= 15 is 0 Å². The normalized spacial score (nSPS) is 11.1. The van der Waals surface area contributed by atoms with Crippen LogP contribution >= 0.6 is 0 Å². The van der Waals surface area contributed by atoms with Crippen molar-refractivity contribution in [2.45, 2.75) is 0 Å². The van der Waals surface area contributed by atoms with Crippen molar-refractivity contribution in [3.63, 3.8) is 0 Å². The van der Waals surface area contributed by atoms with Crippen LogP contribution in [-0.4, -0.2) is 4.57 Å². The smallest absolute Gasteiger partial charge is 0.0561 e. The molecule has 0 unspecified atom stereocenters. The molecular formula is C48H35N3. The van der Waals surface area contributed by atoms with E-state index in [0.29, 0.717) is 0 Å². The Morgan fingerprint density at radius 1 is 0.373 bits per heavy atom. The molecule has 0 aliphatic carbocycles. The van der Waals surface area contributed by atoms with E-state index in [9.17, 15) is 0 Å². The third-order valence-electron chi connectivity index (χ3n) is 9.56. The zero-order chi connectivity index (χ0) is 34.0. The Bertz CT molecular complexity index is 2580. The Morgan fingerprint density at radius 3 is 1.63 bits per heavy atom. The van der Waals surface area contributed by atoms with Gasteiger partial charge in [0.2, 0.25) is 0 Å². The van der Waals surface area contributed by atoms with Gasteiger partial charge < -0.3 is 14.8 Å². The Labute approximate surface area is 298 Å². The van der Waals surface area contributed by atoms with Gasteiger partial charge in [0.15, 0.2) is 0 Å². The maximum absolute atomic E-state index is 3.75. The minimum atomic E-state index is 1.04. The maximum atomic E-state index is 3.75. The molecule has 0 saturated heterocycles. The van der Waals surface area contributed by atoms with Gasteiger partial charge in [-0.25, -0.2) is 0 Å². The number of fused-ring (bicyclic) bond motifs is 3. The van der Waals surface area contributed by atoms with Crippen molar-refractivity contribution >= 4 is 50.2 Å². The number of rotatable bonds is 8. The monoisotopic (exact) mass is 653 g/mol. The van der Waals surface area contributed by atoms with Gasteiger partial charge >= 0.3 is 0 Å². The number of benzene rings is 8. The van der Waals surface area contributed by atoms with E-state index in [1.54, 1.807) is 0 Å². The summed E-state index contributed by atoms with van der Waals surface area (Å²) in [5.74, 6) is 0. The standard InChI is InChI=1S/C48H35N3/c1-5-15-35(16-6-1)36-25-27-40(28-26-36)50(41-29-31-43(37-17-7-2-8-18-37)46(33-41)49-38-19-9-3-10-20-38)42-30-32-45-44-23-13-14-24-47(44)51(48(45)34-42)39-21-11-4-12-22-39/h1-34,49H. The average Bonchev–Trinajstić information content (AvgIpc) is 3.53. The zero-order valence-corrected chi connectivity index (χ0v) is 28.0. The molecule has 0 aliphatic rings. The van der Waals surface area contributed by atoms with Crippen molar-refractivity contribution in [3.8, 4) is 27.9 Å². The fraction of sp³-hybridized carbons (Fsp3) is 0. The highest BCUT2D eigenvalue weighted by Crippen LogP contribution is 2.43. The first-order chi connectivity index (χ1) is 25.3. The van der Waals surface area contributed by atoms with Gasteiger partial charge in [0.25, 0.3) is 0 Å². The van der Waals surface area contributed by atoms with Crippen molar-refractivity contribution in [3.05, 3.63) is 206 Å². The van der Waals surface area contributed by atoms with Gasteiger partial charge in [-0.3, -0.25) is 0 Å². The first-order valence-electron chi connectivity index (χ1n) is 17.4. The van der Waals surface area contributed by atoms with E-state index in [0.717, 1.165) is 50.8 Å². The molecule has 1 N–H and O–H groups in total. The summed E-state index contributed by atoms with van der Waals surface area (Å²) in [7, 11) is 0. The topological polar surface area (TPSA) is 20.2 Å².